The topological polar surface area (TPSA) is 108 Å². The second kappa shape index (κ2) is 5.89. The average Bonchev–Trinajstić information content (AvgIpc) is 2.61. The van der Waals surface area contributed by atoms with E-state index in [2.05, 4.69) is 20.3 Å². The molecular formula is C14H19N5O3S. The summed E-state index contributed by atoms with van der Waals surface area (Å²) in [6.45, 7) is -4.73. The molecule has 2 aromatic heterocycles. The lowest BCUT2D eigenvalue weighted by atomic mass is 10.1. The fourth-order valence-corrected chi connectivity index (χ4v) is 2.51. The van der Waals surface area contributed by atoms with Gasteiger partial charge in [0.1, 0.15) is 5.65 Å². The molecule has 0 unspecified atom stereocenters. The van der Waals surface area contributed by atoms with Crippen LogP contribution in [0.4, 0.5) is 5.95 Å². The first-order chi connectivity index (χ1) is 14.8. The van der Waals surface area contributed by atoms with Crippen LogP contribution in [0.15, 0.2) is 16.9 Å². The zero-order valence-electron chi connectivity index (χ0n) is 21.6. The van der Waals surface area contributed by atoms with E-state index in [0.29, 0.717) is 0 Å². The van der Waals surface area contributed by atoms with Crippen LogP contribution in [0.2, 0.25) is 0 Å². The van der Waals surface area contributed by atoms with Crippen molar-refractivity contribution in [3.63, 3.8) is 0 Å². The van der Waals surface area contributed by atoms with E-state index in [-0.39, 0.29) is 15.3 Å². The van der Waals surface area contributed by atoms with E-state index >= 15 is 0 Å². The molecule has 0 radical (unpaired) electrons. The van der Waals surface area contributed by atoms with Gasteiger partial charge >= 0.3 is 0 Å². The van der Waals surface area contributed by atoms with Crippen LogP contribution in [0.1, 0.15) is 32.1 Å². The van der Waals surface area contributed by atoms with Gasteiger partial charge in [-0.1, -0.05) is 0 Å². The molecule has 0 amide bonds. The van der Waals surface area contributed by atoms with Gasteiger partial charge in [0.15, 0.2) is 0 Å². The van der Waals surface area contributed by atoms with Gasteiger partial charge in [0.25, 0.3) is 0 Å². The molecular weight excluding hydrogens is 318 g/mol. The molecule has 9 heteroatoms. The highest BCUT2D eigenvalue weighted by Crippen LogP contribution is 2.18. The second-order valence-corrected chi connectivity index (χ2v) is 6.21. The van der Waals surface area contributed by atoms with Gasteiger partial charge in [-0.3, -0.25) is 4.79 Å². The van der Waals surface area contributed by atoms with Crippen molar-refractivity contribution < 1.29 is 22.1 Å². The minimum absolute atomic E-state index is 0.00441. The van der Waals surface area contributed by atoms with Crippen LogP contribution in [0, 0.1) is 6.85 Å². The van der Waals surface area contributed by atoms with Gasteiger partial charge in [-0.25, -0.2) is 17.7 Å². The van der Waals surface area contributed by atoms with Crippen molar-refractivity contribution in [2.24, 2.45) is 0 Å². The zero-order chi connectivity index (χ0) is 25.2. The van der Waals surface area contributed by atoms with Gasteiger partial charge in [-0.15, -0.1) is 0 Å². The first kappa shape index (κ1) is 7.71. The number of sulfonamides is 1. The van der Waals surface area contributed by atoms with E-state index in [1.54, 1.807) is 0 Å². The monoisotopic (exact) mass is 347 g/mol. The Bertz CT molecular complexity index is 1220. The van der Waals surface area contributed by atoms with E-state index in [1.807, 2.05) is 0 Å². The Morgan fingerprint density at radius 1 is 1.39 bits per heavy atom. The first-order valence-corrected chi connectivity index (χ1v) is 7.87. The molecule has 3 rings (SSSR count). The molecule has 1 aliphatic rings. The van der Waals surface area contributed by atoms with E-state index in [9.17, 15) is 13.2 Å². The number of hydrogen-bond acceptors (Lipinski definition) is 6. The predicted molar refractivity (Wildman–Crippen MR) is 88.0 cm³/mol. The Balaban J connectivity index is 2.05. The zero-order valence-corrected chi connectivity index (χ0v) is 12.4. The molecule has 0 bridgehead atoms. The lowest BCUT2D eigenvalue weighted by molar-refractivity contribution is 0.331. The van der Waals surface area contributed by atoms with Crippen LogP contribution < -0.4 is 10.9 Å². The van der Waals surface area contributed by atoms with E-state index in [0.717, 1.165) is 6.07 Å². The molecule has 1 saturated heterocycles. The minimum atomic E-state index is -5.02. The van der Waals surface area contributed by atoms with Gasteiger partial charge < -0.3 is 10.3 Å². The third kappa shape index (κ3) is 3.50. The Hall–Kier alpha value is -2.00. The summed E-state index contributed by atoms with van der Waals surface area (Å²) in [4.78, 5) is 21.8. The number of anilines is 1. The first-order valence-electron chi connectivity index (χ1n) is 11.4. The van der Waals surface area contributed by atoms with Crippen molar-refractivity contribution in [2.75, 3.05) is 24.6 Å². The van der Waals surface area contributed by atoms with Crippen LogP contribution in [0.25, 0.3) is 11.0 Å². The van der Waals surface area contributed by atoms with Gasteiger partial charge in [-0.2, -0.15) is 4.98 Å². The van der Waals surface area contributed by atoms with Crippen molar-refractivity contribution in [3.8, 4) is 0 Å². The van der Waals surface area contributed by atoms with Crippen molar-refractivity contribution in [1.29, 1.82) is 0 Å². The number of piperidine rings is 1. The molecule has 1 aliphatic heterocycles. The van der Waals surface area contributed by atoms with Crippen molar-refractivity contribution in [3.05, 3.63) is 28.2 Å². The van der Waals surface area contributed by atoms with Crippen molar-refractivity contribution in [2.45, 2.75) is 25.6 Å². The molecule has 124 valence electrons. The molecule has 0 atom stereocenters. The standard InChI is InChI=1S/C14H19N5O3S/c1-9-11-3-4-12(20)17-13(11)18-14(15-9)16-10-5-7-19(8-6-10)23(2,21)22/h3-4,10H,5-8H2,1-2H3,(H2,15,16,17,18,20)/i1D3,2D3,5D2,6D2. The fraction of sp³-hybridized carbons (Fsp3) is 0.500. The normalized spacial score (nSPS) is 29.4. The number of fused-ring (bicyclic) bond motifs is 1. The van der Waals surface area contributed by atoms with Gasteiger partial charge in [-0.05, 0) is 25.7 Å². The van der Waals surface area contributed by atoms with Crippen molar-refractivity contribution in [1.82, 2.24) is 19.3 Å². The fourth-order valence-electron chi connectivity index (χ4n) is 2.02. The maximum atomic E-state index is 12.3. The number of hydrogen-bond donors (Lipinski definition) is 2. The van der Waals surface area contributed by atoms with Crippen LogP contribution in [-0.4, -0.2) is 53.0 Å². The van der Waals surface area contributed by atoms with Gasteiger partial charge in [0, 0.05) is 44.3 Å². The van der Waals surface area contributed by atoms with Crippen LogP contribution >= 0.6 is 0 Å². The lowest BCUT2D eigenvalue weighted by Crippen LogP contribution is -2.42. The molecule has 23 heavy (non-hydrogen) atoms. The molecule has 1 fully saturated rings. The molecule has 3 heterocycles. The largest absolute Gasteiger partial charge is 0.351 e. The summed E-state index contributed by atoms with van der Waals surface area (Å²) in [6.07, 6.45) is -8.84. The van der Waals surface area contributed by atoms with Crippen LogP contribution in [0.5, 0.6) is 0 Å². The molecule has 8 nitrogen and oxygen atoms in total. The van der Waals surface area contributed by atoms with Gasteiger partial charge in [0.2, 0.25) is 21.5 Å². The maximum Gasteiger partial charge on any atom is 0.249 e. The Kier molecular flexibility index (Phi) is 1.98. The highest BCUT2D eigenvalue weighted by molar-refractivity contribution is 7.88. The number of rotatable bonds is 3. The third-order valence-corrected chi connectivity index (χ3v) is 4.08. The predicted octanol–water partition coefficient (Wildman–Crippen LogP) is 0.462. The van der Waals surface area contributed by atoms with Crippen molar-refractivity contribution >= 4 is 27.0 Å². The third-order valence-electron chi connectivity index (χ3n) is 3.15. The number of H-pyrrole nitrogens is 1. The second-order valence-electron chi connectivity index (χ2n) is 4.74. The Morgan fingerprint density at radius 2 is 2.17 bits per heavy atom. The highest BCUT2D eigenvalue weighted by atomic mass is 32.2. The number of aromatic nitrogens is 3. The van der Waals surface area contributed by atoms with E-state index in [4.69, 9.17) is 13.7 Å². The average molecular weight is 347 g/mol. The number of pyridine rings is 1. The van der Waals surface area contributed by atoms with Gasteiger partial charge in [0.05, 0.1) is 11.9 Å². The van der Waals surface area contributed by atoms with E-state index < -0.39 is 72.1 Å². The number of nitrogens with zero attached hydrogens (tertiary/aromatic N) is 3. The molecule has 0 saturated carbocycles. The smallest absolute Gasteiger partial charge is 0.249 e. The summed E-state index contributed by atoms with van der Waals surface area (Å²) in [5.74, 6) is -0.514. The Labute approximate surface area is 148 Å². The molecule has 0 aromatic carbocycles. The summed E-state index contributed by atoms with van der Waals surface area (Å²) in [5.41, 5.74) is -1.26. The number of aromatic amines is 1. The summed E-state index contributed by atoms with van der Waals surface area (Å²) in [5, 5.41) is 2.39. The molecule has 2 aromatic rings. The lowest BCUT2D eigenvalue weighted by Gasteiger charge is -2.30. The quantitative estimate of drug-likeness (QED) is 0.835. The summed E-state index contributed by atoms with van der Waals surface area (Å²) in [6, 6.07) is 0.480. The SMILES string of the molecule is [2H]C([2H])([2H])c1nc(NC2C([2H])([2H])CN(S(=O)(=O)C([2H])([2H])[2H])CC2([2H])[2H])nc2[nH]c(=O)ccc12. The summed E-state index contributed by atoms with van der Waals surface area (Å²) in [7, 11) is -5.02. The number of aryl methyl sites for hydroxylation is 1. The van der Waals surface area contributed by atoms with E-state index in [1.165, 1.54) is 6.07 Å². The highest BCUT2D eigenvalue weighted by Gasteiger charge is 2.25. The summed E-state index contributed by atoms with van der Waals surface area (Å²) < 4.78 is 102. The minimum Gasteiger partial charge on any atom is -0.351 e. The molecule has 0 spiro atoms. The summed E-state index contributed by atoms with van der Waals surface area (Å²) >= 11 is 0. The van der Waals surface area contributed by atoms with Crippen LogP contribution in [0.3, 0.4) is 0 Å². The number of nitrogens with one attached hydrogen (secondary N) is 2. The Morgan fingerprint density at radius 3 is 2.87 bits per heavy atom. The molecule has 2 N–H and O–H groups in total. The van der Waals surface area contributed by atoms with Crippen LogP contribution in [-0.2, 0) is 10.0 Å². The molecule has 0 aliphatic carbocycles. The maximum absolute atomic E-state index is 12.3.